The number of nitrogens with zero attached hydrogens (tertiary/aromatic N) is 2. The molecule has 4 heterocycles. The number of carbonyl (C=O) groups is 1. The van der Waals surface area contributed by atoms with Crippen LogP contribution in [0.2, 0.25) is 5.02 Å². The molecule has 8 nitrogen and oxygen atoms in total. The lowest BCUT2D eigenvalue weighted by Crippen LogP contribution is -2.51. The summed E-state index contributed by atoms with van der Waals surface area (Å²) in [6.07, 6.45) is 5.20. The number of hydrogen-bond donors (Lipinski definition) is 3. The fourth-order valence-corrected chi connectivity index (χ4v) is 4.60. The number of pyridine rings is 1. The van der Waals surface area contributed by atoms with Gasteiger partial charge in [0.1, 0.15) is 11.4 Å². The van der Waals surface area contributed by atoms with E-state index in [0.29, 0.717) is 29.3 Å². The second-order valence-corrected chi connectivity index (χ2v) is 8.50. The summed E-state index contributed by atoms with van der Waals surface area (Å²) in [4.78, 5) is 21.7. The van der Waals surface area contributed by atoms with Crippen molar-refractivity contribution in [3.05, 3.63) is 47.2 Å². The molecule has 33 heavy (non-hydrogen) atoms. The minimum absolute atomic E-state index is 0.0361. The van der Waals surface area contributed by atoms with Crippen LogP contribution in [-0.4, -0.2) is 59.3 Å². The predicted octanol–water partition coefficient (Wildman–Crippen LogP) is 4.27. The minimum atomic E-state index is -0.971. The van der Waals surface area contributed by atoms with Crippen LogP contribution in [-0.2, 0) is 4.74 Å². The average molecular weight is 478 g/mol. The molecule has 3 N–H and O–H groups in total. The van der Waals surface area contributed by atoms with Gasteiger partial charge in [-0.25, -0.2) is 18.6 Å². The van der Waals surface area contributed by atoms with Gasteiger partial charge in [0.2, 0.25) is 0 Å². The lowest BCUT2D eigenvalue weighted by Gasteiger charge is -2.27. The lowest BCUT2D eigenvalue weighted by atomic mass is 10.1. The topological polar surface area (TPSA) is 91.5 Å². The van der Waals surface area contributed by atoms with Crippen LogP contribution in [0.3, 0.4) is 0 Å². The van der Waals surface area contributed by atoms with Gasteiger partial charge in [-0.2, -0.15) is 0 Å². The number of urea groups is 1. The van der Waals surface area contributed by atoms with Gasteiger partial charge in [0, 0.05) is 30.2 Å². The van der Waals surface area contributed by atoms with E-state index in [-0.39, 0.29) is 23.5 Å². The van der Waals surface area contributed by atoms with Crippen molar-refractivity contribution < 1.29 is 23.0 Å². The van der Waals surface area contributed by atoms with Crippen molar-refractivity contribution >= 4 is 34.4 Å². The van der Waals surface area contributed by atoms with Gasteiger partial charge in [-0.3, -0.25) is 4.90 Å². The number of benzene rings is 1. The number of hydrogen-bond acceptors (Lipinski definition) is 5. The van der Waals surface area contributed by atoms with Crippen molar-refractivity contribution in [2.45, 2.75) is 24.9 Å². The van der Waals surface area contributed by atoms with E-state index in [4.69, 9.17) is 21.1 Å². The van der Waals surface area contributed by atoms with Gasteiger partial charge in [-0.15, -0.1) is 0 Å². The summed E-state index contributed by atoms with van der Waals surface area (Å²) in [6, 6.07) is 2.80. The van der Waals surface area contributed by atoms with Crippen LogP contribution in [0.1, 0.15) is 12.8 Å². The SMILES string of the molecule is O=C(Nc1cc(F)c(Oc2ccnc3[nH]cc(Cl)c23)c(F)c1)N[C@@H]1COC[C@H]1N1CCCC1. The lowest BCUT2D eigenvalue weighted by molar-refractivity contribution is 0.159. The maximum atomic E-state index is 14.7. The zero-order valence-electron chi connectivity index (χ0n) is 17.5. The molecule has 0 aliphatic carbocycles. The first-order chi connectivity index (χ1) is 16.0. The summed E-state index contributed by atoms with van der Waals surface area (Å²) in [5, 5.41) is 6.06. The molecule has 2 fully saturated rings. The van der Waals surface area contributed by atoms with E-state index < -0.39 is 23.4 Å². The van der Waals surface area contributed by atoms with E-state index in [0.717, 1.165) is 38.1 Å². The Kier molecular flexibility index (Phi) is 6.05. The molecule has 0 bridgehead atoms. The molecule has 2 saturated heterocycles. The number of aromatic amines is 1. The highest BCUT2D eigenvalue weighted by molar-refractivity contribution is 6.36. The summed E-state index contributed by atoms with van der Waals surface area (Å²) in [5.74, 6) is -2.40. The molecule has 3 aromatic rings. The second-order valence-electron chi connectivity index (χ2n) is 8.09. The van der Waals surface area contributed by atoms with E-state index >= 15 is 0 Å². The summed E-state index contributed by atoms with van der Waals surface area (Å²) < 4.78 is 40.5. The summed E-state index contributed by atoms with van der Waals surface area (Å²) in [7, 11) is 0. The van der Waals surface area contributed by atoms with Gasteiger partial charge in [0.05, 0.1) is 35.7 Å². The standard InChI is InChI=1S/C22H22ClF2N5O3/c23-13-9-27-21-19(13)18(3-4-26-21)33-20-14(24)7-12(8-15(20)25)28-22(31)29-16-10-32-11-17(16)30-5-1-2-6-30/h3-4,7-9,16-17H,1-2,5-6,10-11H2,(H,26,27)(H2,28,29,31)/t16-,17-/m1/s1. The predicted molar refractivity (Wildman–Crippen MR) is 119 cm³/mol. The molecule has 2 atom stereocenters. The number of rotatable bonds is 5. The number of aromatic nitrogens is 2. The highest BCUT2D eigenvalue weighted by Crippen LogP contribution is 2.36. The van der Waals surface area contributed by atoms with Crippen molar-refractivity contribution in [1.29, 1.82) is 0 Å². The number of fused-ring (bicyclic) bond motifs is 1. The number of H-pyrrole nitrogens is 1. The Bertz CT molecular complexity index is 1160. The summed E-state index contributed by atoms with van der Waals surface area (Å²) in [6.45, 7) is 2.90. The van der Waals surface area contributed by atoms with E-state index in [1.165, 1.54) is 18.5 Å². The van der Waals surface area contributed by atoms with Gasteiger partial charge >= 0.3 is 6.03 Å². The van der Waals surface area contributed by atoms with Crippen molar-refractivity contribution in [2.24, 2.45) is 0 Å². The molecule has 2 amide bonds. The molecule has 2 aromatic heterocycles. The minimum Gasteiger partial charge on any atom is -0.450 e. The monoisotopic (exact) mass is 477 g/mol. The first kappa shape index (κ1) is 21.9. The smallest absolute Gasteiger partial charge is 0.319 e. The van der Waals surface area contributed by atoms with Crippen LogP contribution in [0.25, 0.3) is 11.0 Å². The molecule has 0 spiro atoms. The van der Waals surface area contributed by atoms with Crippen LogP contribution >= 0.6 is 11.6 Å². The van der Waals surface area contributed by atoms with Crippen molar-refractivity contribution in [1.82, 2.24) is 20.2 Å². The highest BCUT2D eigenvalue weighted by Gasteiger charge is 2.35. The normalized spacial score (nSPS) is 20.9. The van der Waals surface area contributed by atoms with Gasteiger partial charge in [0.15, 0.2) is 17.4 Å². The number of carbonyl (C=O) groups excluding carboxylic acids is 1. The maximum Gasteiger partial charge on any atom is 0.319 e. The number of amides is 2. The number of likely N-dealkylation sites (tertiary alicyclic amines) is 1. The van der Waals surface area contributed by atoms with Crippen LogP contribution in [0.4, 0.5) is 19.3 Å². The molecular formula is C22H22ClF2N5O3. The zero-order valence-corrected chi connectivity index (χ0v) is 18.3. The largest absolute Gasteiger partial charge is 0.450 e. The molecule has 0 saturated carbocycles. The van der Waals surface area contributed by atoms with E-state index in [1.807, 2.05) is 0 Å². The quantitative estimate of drug-likeness (QED) is 0.510. The number of halogens is 3. The van der Waals surface area contributed by atoms with E-state index in [1.54, 1.807) is 0 Å². The molecule has 11 heteroatoms. The van der Waals surface area contributed by atoms with Gasteiger partial charge < -0.3 is 25.1 Å². The molecule has 2 aliphatic heterocycles. The number of anilines is 1. The van der Waals surface area contributed by atoms with Gasteiger partial charge in [-0.1, -0.05) is 11.6 Å². The third-order valence-corrected chi connectivity index (χ3v) is 6.23. The molecule has 0 unspecified atom stereocenters. The molecule has 1 aromatic carbocycles. The fraction of sp³-hybridized carbons (Fsp3) is 0.364. The maximum absolute atomic E-state index is 14.7. The third kappa shape index (κ3) is 4.46. The van der Waals surface area contributed by atoms with E-state index in [9.17, 15) is 13.6 Å². The van der Waals surface area contributed by atoms with Crippen LogP contribution in [0.15, 0.2) is 30.6 Å². The summed E-state index contributed by atoms with van der Waals surface area (Å²) >= 11 is 6.12. The van der Waals surface area contributed by atoms with Crippen LogP contribution in [0.5, 0.6) is 11.5 Å². The Hall–Kier alpha value is -2.95. The Balaban J connectivity index is 1.28. The Morgan fingerprint density at radius 3 is 2.76 bits per heavy atom. The average Bonchev–Trinajstić information content (AvgIpc) is 3.52. The van der Waals surface area contributed by atoms with Gasteiger partial charge in [0.25, 0.3) is 0 Å². The molecule has 5 rings (SSSR count). The van der Waals surface area contributed by atoms with Crippen LogP contribution in [0, 0.1) is 11.6 Å². The Morgan fingerprint density at radius 1 is 1.24 bits per heavy atom. The fourth-order valence-electron chi connectivity index (χ4n) is 4.36. The van der Waals surface area contributed by atoms with Gasteiger partial charge in [-0.05, 0) is 32.0 Å². The highest BCUT2D eigenvalue weighted by atomic mass is 35.5. The van der Waals surface area contributed by atoms with Crippen molar-refractivity contribution in [3.8, 4) is 11.5 Å². The zero-order chi connectivity index (χ0) is 22.9. The number of ether oxygens (including phenoxy) is 2. The number of nitrogens with one attached hydrogen (secondary N) is 3. The van der Waals surface area contributed by atoms with Crippen molar-refractivity contribution in [3.63, 3.8) is 0 Å². The molecule has 0 radical (unpaired) electrons. The molecule has 174 valence electrons. The first-order valence-electron chi connectivity index (χ1n) is 10.7. The van der Waals surface area contributed by atoms with Crippen LogP contribution < -0.4 is 15.4 Å². The van der Waals surface area contributed by atoms with E-state index in [2.05, 4.69) is 25.5 Å². The summed E-state index contributed by atoms with van der Waals surface area (Å²) in [5.41, 5.74) is 0.391. The first-order valence-corrected chi connectivity index (χ1v) is 11.0. The molecule has 2 aliphatic rings. The Morgan fingerprint density at radius 2 is 2.00 bits per heavy atom. The molecular weight excluding hydrogens is 456 g/mol. The third-order valence-electron chi connectivity index (χ3n) is 5.93. The Labute approximate surface area is 193 Å². The second kappa shape index (κ2) is 9.12. The van der Waals surface area contributed by atoms with Crippen molar-refractivity contribution in [2.75, 3.05) is 31.6 Å².